The van der Waals surface area contributed by atoms with Crippen LogP contribution in [-0.2, 0) is 11.8 Å². The molecule has 0 atom stereocenters. The topological polar surface area (TPSA) is 68.1 Å². The Labute approximate surface area is 113 Å². The number of hydrogen-bond donors (Lipinski definition) is 0. The van der Waals surface area contributed by atoms with E-state index in [-0.39, 0.29) is 0 Å². The van der Waals surface area contributed by atoms with Crippen LogP contribution in [0, 0.1) is 0 Å². The zero-order valence-corrected chi connectivity index (χ0v) is 11.1. The third-order valence-electron chi connectivity index (χ3n) is 2.95. The number of ketones is 1. The second-order valence-corrected chi connectivity index (χ2v) is 5.24. The number of nitrogens with zero attached hydrogens (tertiary/aromatic N) is 4. The van der Waals surface area contributed by atoms with Crippen LogP contribution in [0.4, 0.5) is 5.69 Å². The van der Waals surface area contributed by atoms with Crippen molar-refractivity contribution in [3.05, 3.63) is 30.1 Å². The highest BCUT2D eigenvalue weighted by atomic mass is 32.2. The van der Waals surface area contributed by atoms with E-state index in [1.807, 2.05) is 19.2 Å². The molecule has 2 heterocycles. The normalized spacial score (nSPS) is 14.1. The van der Waals surface area contributed by atoms with Crippen LogP contribution in [-0.4, -0.2) is 33.5 Å². The van der Waals surface area contributed by atoms with Gasteiger partial charge in [0.1, 0.15) is 6.33 Å². The first kappa shape index (κ1) is 11.9. The van der Waals surface area contributed by atoms with Crippen LogP contribution in [0.25, 0.3) is 0 Å². The minimum atomic E-state index is -0.490. The Morgan fingerprint density at radius 2 is 2.00 bits per heavy atom. The van der Waals surface area contributed by atoms with Crippen LogP contribution in [0.3, 0.4) is 0 Å². The van der Waals surface area contributed by atoms with E-state index in [1.54, 1.807) is 24.0 Å². The molecule has 1 amide bonds. The molecule has 6 nitrogen and oxygen atoms in total. The van der Waals surface area contributed by atoms with Crippen molar-refractivity contribution in [2.24, 2.45) is 7.05 Å². The number of Topliss-reactive ketones (excluding diaryl/α,β-unsaturated/α-hetero) is 1. The summed E-state index contributed by atoms with van der Waals surface area (Å²) in [6.45, 7) is 0. The Morgan fingerprint density at radius 1 is 1.21 bits per heavy atom. The minimum Gasteiger partial charge on any atom is -0.311 e. The Morgan fingerprint density at radius 3 is 2.68 bits per heavy atom. The summed E-state index contributed by atoms with van der Waals surface area (Å²) in [7, 11) is 3.46. The Kier molecular flexibility index (Phi) is 2.63. The molecular formula is C12H10N4O2S. The summed E-state index contributed by atoms with van der Waals surface area (Å²) >= 11 is 1.43. The summed E-state index contributed by atoms with van der Waals surface area (Å²) in [6.07, 6.45) is 1.62. The van der Waals surface area contributed by atoms with Crippen LogP contribution in [0.5, 0.6) is 0 Å². The molecule has 1 aliphatic heterocycles. The second kappa shape index (κ2) is 4.20. The van der Waals surface area contributed by atoms with Gasteiger partial charge in [0.15, 0.2) is 5.16 Å². The smallest absolute Gasteiger partial charge is 0.299 e. The number of benzene rings is 1. The van der Waals surface area contributed by atoms with E-state index in [9.17, 15) is 9.59 Å². The lowest BCUT2D eigenvalue weighted by Gasteiger charge is -2.09. The Hall–Kier alpha value is -2.15. The van der Waals surface area contributed by atoms with Gasteiger partial charge in [0.25, 0.3) is 11.7 Å². The van der Waals surface area contributed by atoms with Gasteiger partial charge < -0.3 is 9.47 Å². The Balaban J connectivity index is 1.97. The predicted molar refractivity (Wildman–Crippen MR) is 69.3 cm³/mol. The molecule has 0 fully saturated rings. The third-order valence-corrected chi connectivity index (χ3v) is 3.99. The first-order valence-electron chi connectivity index (χ1n) is 5.56. The molecule has 0 aliphatic carbocycles. The lowest BCUT2D eigenvalue weighted by molar-refractivity contribution is -0.114. The van der Waals surface area contributed by atoms with Crippen LogP contribution >= 0.6 is 11.8 Å². The van der Waals surface area contributed by atoms with Gasteiger partial charge in [0.2, 0.25) is 0 Å². The Bertz CT molecular complexity index is 695. The number of aryl methyl sites for hydroxylation is 1. The fourth-order valence-corrected chi connectivity index (χ4v) is 2.69. The number of likely N-dealkylation sites (N-methyl/N-ethyl adjacent to an activating group) is 1. The predicted octanol–water partition coefficient (Wildman–Crippen LogP) is 1.13. The van der Waals surface area contributed by atoms with Gasteiger partial charge in [0, 0.05) is 19.0 Å². The van der Waals surface area contributed by atoms with Crippen LogP contribution in [0.15, 0.2) is 34.6 Å². The summed E-state index contributed by atoms with van der Waals surface area (Å²) in [5.74, 6) is -0.941. The van der Waals surface area contributed by atoms with Crippen LogP contribution < -0.4 is 4.90 Å². The number of anilines is 1. The average Bonchev–Trinajstić information content (AvgIpc) is 2.89. The van der Waals surface area contributed by atoms with Gasteiger partial charge in [0.05, 0.1) is 11.3 Å². The molecular weight excluding hydrogens is 264 g/mol. The maximum atomic E-state index is 11.7. The number of hydrogen-bond acceptors (Lipinski definition) is 5. The van der Waals surface area contributed by atoms with Crippen molar-refractivity contribution in [2.75, 3.05) is 11.9 Å². The van der Waals surface area contributed by atoms with Crippen LogP contribution in [0.2, 0.25) is 0 Å². The second-order valence-electron chi connectivity index (χ2n) is 4.20. The lowest BCUT2D eigenvalue weighted by atomic mass is 10.1. The lowest BCUT2D eigenvalue weighted by Crippen LogP contribution is -2.24. The highest BCUT2D eigenvalue weighted by molar-refractivity contribution is 7.99. The fraction of sp³-hybridized carbons (Fsp3) is 0.167. The van der Waals surface area contributed by atoms with Crippen molar-refractivity contribution in [1.82, 2.24) is 14.8 Å². The molecule has 0 radical (unpaired) electrons. The van der Waals surface area contributed by atoms with Crippen molar-refractivity contribution < 1.29 is 9.59 Å². The van der Waals surface area contributed by atoms with E-state index in [0.29, 0.717) is 11.3 Å². The summed E-state index contributed by atoms with van der Waals surface area (Å²) in [5, 5.41) is 8.53. The molecule has 2 aromatic rings. The number of fused-ring (bicyclic) bond motifs is 1. The molecule has 0 spiro atoms. The van der Waals surface area contributed by atoms with E-state index in [2.05, 4.69) is 10.2 Å². The molecule has 0 saturated carbocycles. The molecule has 96 valence electrons. The standard InChI is InChI=1S/C12H10N4O2S/c1-15-6-13-14-12(15)19-7-3-4-8-9(5-7)16(2)11(18)10(8)17/h3-6H,1-2H3. The van der Waals surface area contributed by atoms with Gasteiger partial charge in [-0.15, -0.1) is 10.2 Å². The molecule has 0 bridgehead atoms. The van der Waals surface area contributed by atoms with E-state index < -0.39 is 11.7 Å². The van der Waals surface area contributed by atoms with Crippen molar-refractivity contribution >= 4 is 29.1 Å². The van der Waals surface area contributed by atoms with Crippen LogP contribution in [0.1, 0.15) is 10.4 Å². The average molecular weight is 274 g/mol. The molecule has 1 aromatic carbocycles. The SMILES string of the molecule is CN1C(=O)C(=O)c2ccc(Sc3nncn3C)cc21. The molecule has 1 aliphatic rings. The molecule has 7 heteroatoms. The third kappa shape index (κ3) is 1.82. The first-order chi connectivity index (χ1) is 9.08. The largest absolute Gasteiger partial charge is 0.311 e. The van der Waals surface area contributed by atoms with Gasteiger partial charge in [-0.05, 0) is 30.0 Å². The number of rotatable bonds is 2. The maximum Gasteiger partial charge on any atom is 0.299 e. The minimum absolute atomic E-state index is 0.451. The summed E-state index contributed by atoms with van der Waals surface area (Å²) in [4.78, 5) is 25.5. The van der Waals surface area contributed by atoms with Crippen molar-refractivity contribution in [3.8, 4) is 0 Å². The zero-order valence-electron chi connectivity index (χ0n) is 10.3. The summed E-state index contributed by atoms with van der Waals surface area (Å²) in [6, 6.07) is 5.30. The monoisotopic (exact) mass is 274 g/mol. The highest BCUT2D eigenvalue weighted by Crippen LogP contribution is 2.34. The van der Waals surface area contributed by atoms with Gasteiger partial charge >= 0.3 is 0 Å². The van der Waals surface area contributed by atoms with Gasteiger partial charge in [-0.3, -0.25) is 9.59 Å². The van der Waals surface area contributed by atoms with Gasteiger partial charge in [-0.25, -0.2) is 0 Å². The summed E-state index contributed by atoms with van der Waals surface area (Å²) < 4.78 is 1.80. The molecule has 0 saturated heterocycles. The van der Waals surface area contributed by atoms with E-state index in [1.165, 1.54) is 16.7 Å². The fourth-order valence-electron chi connectivity index (χ4n) is 1.89. The number of amides is 1. The molecule has 0 N–H and O–H groups in total. The van der Waals surface area contributed by atoms with Crippen molar-refractivity contribution in [2.45, 2.75) is 10.1 Å². The molecule has 0 unspecified atom stereocenters. The number of carbonyl (C=O) groups is 2. The quantitative estimate of drug-likeness (QED) is 0.768. The number of aromatic nitrogens is 3. The molecule has 1 aromatic heterocycles. The van der Waals surface area contributed by atoms with E-state index in [0.717, 1.165) is 10.1 Å². The molecule has 19 heavy (non-hydrogen) atoms. The van der Waals surface area contributed by atoms with E-state index >= 15 is 0 Å². The maximum absolute atomic E-state index is 11.7. The van der Waals surface area contributed by atoms with Crippen molar-refractivity contribution in [3.63, 3.8) is 0 Å². The zero-order chi connectivity index (χ0) is 13.6. The summed E-state index contributed by atoms with van der Waals surface area (Å²) in [5.41, 5.74) is 1.09. The molecule has 3 rings (SSSR count). The van der Waals surface area contributed by atoms with E-state index in [4.69, 9.17) is 0 Å². The highest BCUT2D eigenvalue weighted by Gasteiger charge is 2.33. The van der Waals surface area contributed by atoms with Gasteiger partial charge in [-0.1, -0.05) is 0 Å². The number of carbonyl (C=O) groups excluding carboxylic acids is 2. The first-order valence-corrected chi connectivity index (χ1v) is 6.38. The van der Waals surface area contributed by atoms with Gasteiger partial charge in [-0.2, -0.15) is 0 Å². The van der Waals surface area contributed by atoms with Crippen molar-refractivity contribution in [1.29, 1.82) is 0 Å².